The molecule has 0 radical (unpaired) electrons. The Balaban J connectivity index is 1.76. The number of hydrogen-bond donors (Lipinski definition) is 2. The third-order valence-electron chi connectivity index (χ3n) is 5.04. The van der Waals surface area contributed by atoms with E-state index in [9.17, 15) is 14.0 Å². The predicted octanol–water partition coefficient (Wildman–Crippen LogP) is 4.42. The number of nitrogens with one attached hydrogen (secondary N) is 2. The molecular weight excluding hydrogens is 453 g/mol. The van der Waals surface area contributed by atoms with Gasteiger partial charge in [-0.1, -0.05) is 84.6 Å². The summed E-state index contributed by atoms with van der Waals surface area (Å²) in [6.07, 6.45) is 0. The van der Waals surface area contributed by atoms with Gasteiger partial charge in [0.25, 0.3) is 0 Å². The summed E-state index contributed by atoms with van der Waals surface area (Å²) < 4.78 is 16.4. The average molecular weight is 476 g/mol. The number of hydrogen-bond acceptors (Lipinski definition) is 5. The van der Waals surface area contributed by atoms with E-state index in [4.69, 9.17) is 0 Å². The second-order valence-electron chi connectivity index (χ2n) is 7.33. The fourth-order valence-electron chi connectivity index (χ4n) is 3.37. The fraction of sp³-hybridized carbons (Fsp3) is 0.120. The molecule has 0 saturated heterocycles. The summed E-state index contributed by atoms with van der Waals surface area (Å²) in [5, 5.41) is 12.9. The van der Waals surface area contributed by atoms with E-state index in [1.54, 1.807) is 34.9 Å². The van der Waals surface area contributed by atoms with Crippen LogP contribution in [0.25, 0.3) is 11.4 Å². The number of nitrogens with zero attached hydrogens (tertiary/aromatic N) is 3. The molecule has 2 N–H and O–H groups in total. The number of carbonyl (C=O) groups is 2. The molecule has 1 atom stereocenters. The van der Waals surface area contributed by atoms with Crippen LogP contribution >= 0.6 is 11.8 Å². The van der Waals surface area contributed by atoms with Crippen molar-refractivity contribution in [3.8, 4) is 11.4 Å². The minimum atomic E-state index is -0.786. The summed E-state index contributed by atoms with van der Waals surface area (Å²) in [4.78, 5) is 24.8. The highest BCUT2D eigenvalue weighted by Gasteiger charge is 2.27. The number of thioether (sulfide) groups is 1. The number of benzene rings is 3. The van der Waals surface area contributed by atoms with Crippen LogP contribution < -0.4 is 10.6 Å². The zero-order valence-electron chi connectivity index (χ0n) is 18.3. The van der Waals surface area contributed by atoms with Gasteiger partial charge < -0.3 is 5.32 Å². The van der Waals surface area contributed by atoms with Crippen molar-refractivity contribution in [3.63, 3.8) is 0 Å². The Bertz CT molecular complexity index is 1280. The minimum Gasteiger partial charge on any atom is -0.341 e. The van der Waals surface area contributed by atoms with Crippen LogP contribution in [0, 0.1) is 5.82 Å². The van der Waals surface area contributed by atoms with Gasteiger partial charge in [0.1, 0.15) is 11.1 Å². The van der Waals surface area contributed by atoms with E-state index in [1.165, 1.54) is 13.1 Å². The van der Waals surface area contributed by atoms with Crippen LogP contribution in [0.1, 0.15) is 16.4 Å². The van der Waals surface area contributed by atoms with Crippen LogP contribution in [-0.4, -0.2) is 33.8 Å². The summed E-state index contributed by atoms with van der Waals surface area (Å²) in [6.45, 7) is 0.373. The average Bonchev–Trinajstić information content (AvgIpc) is 3.25. The minimum absolute atomic E-state index is 0.309. The summed E-state index contributed by atoms with van der Waals surface area (Å²) in [5.74, 6) is -0.571. The molecule has 0 saturated carbocycles. The fourth-order valence-corrected chi connectivity index (χ4v) is 4.41. The lowest BCUT2D eigenvalue weighted by molar-refractivity contribution is -0.119. The maximum Gasteiger partial charge on any atom is 0.321 e. The monoisotopic (exact) mass is 475 g/mol. The number of rotatable bonds is 7. The van der Waals surface area contributed by atoms with Crippen LogP contribution in [-0.2, 0) is 11.3 Å². The van der Waals surface area contributed by atoms with Crippen molar-refractivity contribution in [2.24, 2.45) is 0 Å². The molecule has 0 aliphatic heterocycles. The van der Waals surface area contributed by atoms with Gasteiger partial charge in [-0.2, -0.15) is 0 Å². The van der Waals surface area contributed by atoms with Gasteiger partial charge in [0.15, 0.2) is 11.0 Å². The molecular formula is C25H22FN5O2S. The normalized spacial score (nSPS) is 11.6. The smallest absolute Gasteiger partial charge is 0.321 e. The van der Waals surface area contributed by atoms with E-state index in [-0.39, 0.29) is 0 Å². The molecule has 1 heterocycles. The quantitative estimate of drug-likeness (QED) is 0.386. The summed E-state index contributed by atoms with van der Waals surface area (Å²) in [7, 11) is 1.43. The van der Waals surface area contributed by atoms with Crippen molar-refractivity contribution in [1.82, 2.24) is 25.4 Å². The van der Waals surface area contributed by atoms with Gasteiger partial charge >= 0.3 is 6.03 Å². The largest absolute Gasteiger partial charge is 0.341 e. The lowest BCUT2D eigenvalue weighted by Crippen LogP contribution is -2.39. The maximum absolute atomic E-state index is 14.6. The molecule has 34 heavy (non-hydrogen) atoms. The molecule has 9 heteroatoms. The Hall–Kier alpha value is -3.98. The Morgan fingerprint density at radius 3 is 2.26 bits per heavy atom. The van der Waals surface area contributed by atoms with Gasteiger partial charge in [-0.15, -0.1) is 10.2 Å². The van der Waals surface area contributed by atoms with Crippen molar-refractivity contribution >= 4 is 23.7 Å². The predicted molar refractivity (Wildman–Crippen MR) is 129 cm³/mol. The molecule has 0 bridgehead atoms. The highest BCUT2D eigenvalue weighted by atomic mass is 32.2. The molecule has 3 amide bonds. The molecule has 4 aromatic rings. The molecule has 0 unspecified atom stereocenters. The maximum atomic E-state index is 14.6. The highest BCUT2D eigenvalue weighted by molar-refractivity contribution is 8.00. The third kappa shape index (κ3) is 5.32. The Labute approximate surface area is 200 Å². The lowest BCUT2D eigenvalue weighted by atomic mass is 10.1. The van der Waals surface area contributed by atoms with Crippen molar-refractivity contribution in [3.05, 3.63) is 102 Å². The SMILES string of the molecule is CNC(=O)NC(=O)[C@H](Sc1nnc(-c2ccccc2F)n1Cc1ccccc1)c1ccccc1. The first-order valence-corrected chi connectivity index (χ1v) is 11.4. The first-order chi connectivity index (χ1) is 16.6. The number of amides is 3. The van der Waals surface area contributed by atoms with Crippen LogP contribution in [0.5, 0.6) is 0 Å². The standard InChI is InChI=1S/C25H22FN5O2S/c1-27-24(33)28-23(32)21(18-12-6-3-7-13-18)34-25-30-29-22(19-14-8-9-15-20(19)26)31(25)16-17-10-4-2-5-11-17/h2-15,21H,16H2,1H3,(H2,27,28,32,33)/t21-/m1/s1. The number of halogens is 1. The Kier molecular flexibility index (Phi) is 7.34. The zero-order chi connectivity index (χ0) is 23.9. The molecule has 3 aromatic carbocycles. The van der Waals surface area contributed by atoms with Crippen LogP contribution in [0.4, 0.5) is 9.18 Å². The van der Waals surface area contributed by atoms with Gasteiger partial charge in [0, 0.05) is 7.05 Å². The van der Waals surface area contributed by atoms with Gasteiger partial charge in [0.05, 0.1) is 12.1 Å². The molecule has 4 rings (SSSR count). The summed E-state index contributed by atoms with van der Waals surface area (Å²) in [5.41, 5.74) is 1.97. The molecule has 0 aliphatic carbocycles. The highest BCUT2D eigenvalue weighted by Crippen LogP contribution is 2.36. The summed E-state index contributed by atoms with van der Waals surface area (Å²) >= 11 is 1.14. The number of aromatic nitrogens is 3. The molecule has 1 aromatic heterocycles. The first-order valence-electron chi connectivity index (χ1n) is 10.5. The third-order valence-corrected chi connectivity index (χ3v) is 6.28. The van der Waals surface area contributed by atoms with Gasteiger partial charge in [-0.25, -0.2) is 9.18 Å². The lowest BCUT2D eigenvalue weighted by Gasteiger charge is -2.17. The molecule has 172 valence electrons. The number of urea groups is 1. The van der Waals surface area contributed by atoms with Crippen molar-refractivity contribution in [2.45, 2.75) is 17.0 Å². The van der Waals surface area contributed by atoms with E-state index in [2.05, 4.69) is 20.8 Å². The number of carbonyl (C=O) groups excluding carboxylic acids is 2. The van der Waals surface area contributed by atoms with Crippen LogP contribution in [0.15, 0.2) is 90.1 Å². The van der Waals surface area contributed by atoms with Gasteiger partial charge in [0.2, 0.25) is 5.91 Å². The van der Waals surface area contributed by atoms with Gasteiger partial charge in [-0.3, -0.25) is 14.7 Å². The van der Waals surface area contributed by atoms with Crippen molar-refractivity contribution in [2.75, 3.05) is 7.05 Å². The van der Waals surface area contributed by atoms with Crippen LogP contribution in [0.3, 0.4) is 0 Å². The second-order valence-corrected chi connectivity index (χ2v) is 8.41. The molecule has 0 fully saturated rings. The molecule has 7 nitrogen and oxygen atoms in total. The van der Waals surface area contributed by atoms with E-state index in [1.807, 2.05) is 48.5 Å². The topological polar surface area (TPSA) is 88.9 Å². The zero-order valence-corrected chi connectivity index (χ0v) is 19.1. The van der Waals surface area contributed by atoms with Crippen molar-refractivity contribution in [1.29, 1.82) is 0 Å². The van der Waals surface area contributed by atoms with E-state index in [0.29, 0.717) is 28.7 Å². The van der Waals surface area contributed by atoms with E-state index < -0.39 is 23.0 Å². The van der Waals surface area contributed by atoms with Crippen LogP contribution in [0.2, 0.25) is 0 Å². The van der Waals surface area contributed by atoms with E-state index >= 15 is 0 Å². The molecule has 0 spiro atoms. The second kappa shape index (κ2) is 10.8. The first kappa shape index (κ1) is 23.2. The Morgan fingerprint density at radius 2 is 1.59 bits per heavy atom. The number of imide groups is 1. The van der Waals surface area contributed by atoms with E-state index in [0.717, 1.165) is 17.3 Å². The van der Waals surface area contributed by atoms with Crippen molar-refractivity contribution < 1.29 is 14.0 Å². The Morgan fingerprint density at radius 1 is 0.941 bits per heavy atom. The summed E-state index contributed by atoms with van der Waals surface area (Å²) in [6, 6.07) is 24.5. The van der Waals surface area contributed by atoms with Gasteiger partial charge in [-0.05, 0) is 23.3 Å². The molecule has 0 aliphatic rings.